The second-order valence-electron chi connectivity index (χ2n) is 3.65. The lowest BCUT2D eigenvalue weighted by molar-refractivity contribution is 0.274. The van der Waals surface area contributed by atoms with Crippen LogP contribution in [0.2, 0.25) is 0 Å². The van der Waals surface area contributed by atoms with Gasteiger partial charge in [-0.15, -0.1) is 0 Å². The molecule has 1 unspecified atom stereocenters. The molecule has 1 heterocycles. The van der Waals surface area contributed by atoms with Crippen molar-refractivity contribution in [2.24, 2.45) is 0 Å². The van der Waals surface area contributed by atoms with Crippen molar-refractivity contribution in [3.05, 3.63) is 46.5 Å². The van der Waals surface area contributed by atoms with E-state index in [1.165, 1.54) is 5.56 Å². The van der Waals surface area contributed by atoms with Crippen LogP contribution in [-0.4, -0.2) is 18.0 Å². The van der Waals surface area contributed by atoms with Crippen molar-refractivity contribution in [3.63, 3.8) is 0 Å². The van der Waals surface area contributed by atoms with Crippen molar-refractivity contribution in [3.8, 4) is 0 Å². The molecule has 0 radical (unpaired) electrons. The summed E-state index contributed by atoms with van der Waals surface area (Å²) >= 11 is 3.45. The van der Waals surface area contributed by atoms with Gasteiger partial charge >= 0.3 is 0 Å². The Kier molecular flexibility index (Phi) is 3.04. The third-order valence-corrected chi connectivity index (χ3v) is 3.28. The standard InChI is InChI=1S/C12H14BrN/c1-10(14-8-2-3-9-14)11-4-6-12(13)7-5-11/h2-7,10H,8-9H2,1H3. The van der Waals surface area contributed by atoms with Gasteiger partial charge in [0.15, 0.2) is 0 Å². The Hall–Kier alpha value is -0.600. The maximum Gasteiger partial charge on any atom is 0.0326 e. The van der Waals surface area contributed by atoms with Gasteiger partial charge in [-0.25, -0.2) is 0 Å². The molecule has 0 bridgehead atoms. The summed E-state index contributed by atoms with van der Waals surface area (Å²) in [5, 5.41) is 0. The summed E-state index contributed by atoms with van der Waals surface area (Å²) in [5.74, 6) is 0. The van der Waals surface area contributed by atoms with Crippen LogP contribution < -0.4 is 0 Å². The summed E-state index contributed by atoms with van der Waals surface area (Å²) in [6.07, 6.45) is 4.46. The monoisotopic (exact) mass is 251 g/mol. The average Bonchev–Trinajstić information content (AvgIpc) is 2.71. The van der Waals surface area contributed by atoms with Crippen molar-refractivity contribution in [2.75, 3.05) is 13.1 Å². The predicted molar refractivity (Wildman–Crippen MR) is 63.3 cm³/mol. The van der Waals surface area contributed by atoms with Crippen molar-refractivity contribution in [1.82, 2.24) is 4.90 Å². The maximum absolute atomic E-state index is 3.45. The zero-order chi connectivity index (χ0) is 9.97. The van der Waals surface area contributed by atoms with Gasteiger partial charge < -0.3 is 0 Å². The highest BCUT2D eigenvalue weighted by Crippen LogP contribution is 2.23. The number of nitrogens with zero attached hydrogens (tertiary/aromatic N) is 1. The molecule has 14 heavy (non-hydrogen) atoms. The minimum Gasteiger partial charge on any atom is -0.289 e. The van der Waals surface area contributed by atoms with Gasteiger partial charge in [0.05, 0.1) is 0 Å². The molecule has 0 amide bonds. The molecule has 2 rings (SSSR count). The Morgan fingerprint density at radius 3 is 2.29 bits per heavy atom. The van der Waals surface area contributed by atoms with Crippen molar-refractivity contribution >= 4 is 15.9 Å². The minimum absolute atomic E-state index is 0.512. The van der Waals surface area contributed by atoms with Crippen LogP contribution in [0.15, 0.2) is 40.9 Å². The highest BCUT2D eigenvalue weighted by molar-refractivity contribution is 9.10. The lowest BCUT2D eigenvalue weighted by atomic mass is 10.1. The van der Waals surface area contributed by atoms with Gasteiger partial charge in [0.25, 0.3) is 0 Å². The van der Waals surface area contributed by atoms with E-state index in [1.54, 1.807) is 0 Å². The topological polar surface area (TPSA) is 3.24 Å². The third-order valence-electron chi connectivity index (χ3n) is 2.75. The molecule has 0 saturated carbocycles. The molecule has 0 saturated heterocycles. The van der Waals surface area contributed by atoms with Crippen molar-refractivity contribution in [2.45, 2.75) is 13.0 Å². The molecule has 1 aromatic rings. The summed E-state index contributed by atoms with van der Waals surface area (Å²) in [5.41, 5.74) is 1.39. The highest BCUT2D eigenvalue weighted by Gasteiger charge is 2.15. The fourth-order valence-electron chi connectivity index (χ4n) is 1.76. The Bertz CT molecular complexity index is 321. The van der Waals surface area contributed by atoms with Crippen LogP contribution in [0.1, 0.15) is 18.5 Å². The highest BCUT2D eigenvalue weighted by atomic mass is 79.9. The van der Waals surface area contributed by atoms with E-state index in [0.717, 1.165) is 17.6 Å². The molecule has 0 fully saturated rings. The molecule has 1 aliphatic heterocycles. The quantitative estimate of drug-likeness (QED) is 0.729. The largest absolute Gasteiger partial charge is 0.289 e. The summed E-state index contributed by atoms with van der Waals surface area (Å²) in [7, 11) is 0. The molecule has 1 aromatic carbocycles. The Labute approximate surface area is 93.6 Å². The Balaban J connectivity index is 2.10. The first-order chi connectivity index (χ1) is 6.77. The van der Waals surface area contributed by atoms with Crippen molar-refractivity contribution in [1.29, 1.82) is 0 Å². The molecular weight excluding hydrogens is 238 g/mol. The first-order valence-electron chi connectivity index (χ1n) is 4.92. The van der Waals surface area contributed by atoms with Crippen LogP contribution in [0, 0.1) is 0 Å². The third kappa shape index (κ3) is 2.07. The molecule has 74 valence electrons. The fraction of sp³-hybridized carbons (Fsp3) is 0.333. The van der Waals surface area contributed by atoms with E-state index in [-0.39, 0.29) is 0 Å². The second-order valence-corrected chi connectivity index (χ2v) is 4.57. The second kappa shape index (κ2) is 4.28. The zero-order valence-corrected chi connectivity index (χ0v) is 9.87. The van der Waals surface area contributed by atoms with Gasteiger partial charge in [-0.3, -0.25) is 4.90 Å². The van der Waals surface area contributed by atoms with Crippen LogP contribution in [-0.2, 0) is 0 Å². The number of hydrogen-bond acceptors (Lipinski definition) is 1. The van der Waals surface area contributed by atoms with Crippen LogP contribution in [0.4, 0.5) is 0 Å². The normalized spacial score (nSPS) is 18.7. The fourth-order valence-corrected chi connectivity index (χ4v) is 2.03. The van der Waals surface area contributed by atoms with E-state index in [4.69, 9.17) is 0 Å². The summed E-state index contributed by atoms with van der Waals surface area (Å²) in [6.45, 7) is 4.42. The molecule has 0 aliphatic carbocycles. The van der Waals surface area contributed by atoms with E-state index in [0.29, 0.717) is 6.04 Å². The number of rotatable bonds is 2. The summed E-state index contributed by atoms with van der Waals surface area (Å²) in [6, 6.07) is 9.10. The SMILES string of the molecule is CC(c1ccc(Br)cc1)N1CC=CC1. The zero-order valence-electron chi connectivity index (χ0n) is 8.28. The maximum atomic E-state index is 3.45. The van der Waals surface area contributed by atoms with Crippen LogP contribution >= 0.6 is 15.9 Å². The molecule has 1 atom stereocenters. The van der Waals surface area contributed by atoms with Gasteiger partial charge in [0.1, 0.15) is 0 Å². The number of halogens is 1. The number of benzene rings is 1. The molecule has 0 N–H and O–H groups in total. The lowest BCUT2D eigenvalue weighted by Crippen LogP contribution is -2.23. The van der Waals surface area contributed by atoms with Gasteiger partial charge in [-0.1, -0.05) is 40.2 Å². The van der Waals surface area contributed by atoms with Gasteiger partial charge in [-0.2, -0.15) is 0 Å². The van der Waals surface area contributed by atoms with E-state index in [9.17, 15) is 0 Å². The Morgan fingerprint density at radius 1 is 1.14 bits per heavy atom. The smallest absolute Gasteiger partial charge is 0.0326 e. The number of hydrogen-bond donors (Lipinski definition) is 0. The Morgan fingerprint density at radius 2 is 1.71 bits per heavy atom. The molecule has 1 aliphatic rings. The molecule has 0 aromatic heterocycles. The van der Waals surface area contributed by atoms with E-state index < -0.39 is 0 Å². The molecule has 0 spiro atoms. The predicted octanol–water partition coefficient (Wildman–Crippen LogP) is 3.38. The molecular formula is C12H14BrN. The summed E-state index contributed by atoms with van der Waals surface area (Å²) in [4.78, 5) is 2.45. The minimum atomic E-state index is 0.512. The van der Waals surface area contributed by atoms with Crippen LogP contribution in [0.25, 0.3) is 0 Å². The van der Waals surface area contributed by atoms with Gasteiger partial charge in [0.2, 0.25) is 0 Å². The van der Waals surface area contributed by atoms with Gasteiger partial charge in [-0.05, 0) is 24.6 Å². The lowest BCUT2D eigenvalue weighted by Gasteiger charge is -2.24. The van der Waals surface area contributed by atoms with Crippen molar-refractivity contribution < 1.29 is 0 Å². The van der Waals surface area contributed by atoms with Crippen LogP contribution in [0.3, 0.4) is 0 Å². The average molecular weight is 252 g/mol. The molecule has 2 heteroatoms. The first kappa shape index (κ1) is 9.94. The van der Waals surface area contributed by atoms with Gasteiger partial charge in [0, 0.05) is 23.6 Å². The van der Waals surface area contributed by atoms with E-state index in [1.807, 2.05) is 0 Å². The first-order valence-corrected chi connectivity index (χ1v) is 5.71. The van der Waals surface area contributed by atoms with E-state index >= 15 is 0 Å². The molecule has 1 nitrogen and oxygen atoms in total. The van der Waals surface area contributed by atoms with Crippen LogP contribution in [0.5, 0.6) is 0 Å². The summed E-state index contributed by atoms with van der Waals surface area (Å²) < 4.78 is 1.15. The van der Waals surface area contributed by atoms with E-state index in [2.05, 4.69) is 64.2 Å².